The highest BCUT2D eigenvalue weighted by Gasteiger charge is 2.19. The van der Waals surface area contributed by atoms with Gasteiger partial charge in [0.2, 0.25) is 0 Å². The summed E-state index contributed by atoms with van der Waals surface area (Å²) >= 11 is 0. The van der Waals surface area contributed by atoms with E-state index in [4.69, 9.17) is 0 Å². The van der Waals surface area contributed by atoms with Crippen LogP contribution >= 0.6 is 0 Å². The number of nitro benzene ring substituents is 1. The highest BCUT2D eigenvalue weighted by Crippen LogP contribution is 2.27. The molecule has 0 aliphatic heterocycles. The molecular weight excluding hydrogens is 288 g/mol. The monoisotopic (exact) mass is 302 g/mol. The van der Waals surface area contributed by atoms with Gasteiger partial charge in [-0.1, -0.05) is 12.1 Å². The predicted octanol–water partition coefficient (Wildman–Crippen LogP) is 1.73. The number of nitro groups is 1. The van der Waals surface area contributed by atoms with Crippen molar-refractivity contribution >= 4 is 17.3 Å². The maximum absolute atomic E-state index is 12.2. The molecule has 2 aromatic rings. The number of nitrogens with one attached hydrogen (secondary N) is 1. The summed E-state index contributed by atoms with van der Waals surface area (Å²) in [5, 5.41) is 17.4. The minimum Gasteiger partial charge on any atom is -0.315 e. The normalized spacial score (nSPS) is 10.3. The molecule has 0 fully saturated rings. The lowest BCUT2D eigenvalue weighted by Gasteiger charge is -2.09. The highest BCUT2D eigenvalue weighted by molar-refractivity contribution is 6.04. The summed E-state index contributed by atoms with van der Waals surface area (Å²) in [7, 11) is 0. The number of aryl methyl sites for hydroxylation is 2. The zero-order valence-corrected chi connectivity index (χ0v) is 12.1. The summed E-state index contributed by atoms with van der Waals surface area (Å²) in [6.07, 6.45) is 0. The van der Waals surface area contributed by atoms with E-state index in [9.17, 15) is 19.7 Å². The van der Waals surface area contributed by atoms with Gasteiger partial charge in [0.25, 0.3) is 17.2 Å². The quantitative estimate of drug-likeness (QED) is 0.683. The van der Waals surface area contributed by atoms with Gasteiger partial charge >= 0.3 is 0 Å². The fourth-order valence-corrected chi connectivity index (χ4v) is 1.94. The molecule has 114 valence electrons. The van der Waals surface area contributed by atoms with Crippen molar-refractivity contribution < 1.29 is 9.72 Å². The summed E-state index contributed by atoms with van der Waals surface area (Å²) in [4.78, 5) is 34.1. The molecular formula is C14H14N4O4. The zero-order chi connectivity index (χ0) is 16.3. The first kappa shape index (κ1) is 15.4. The molecule has 0 unspecified atom stereocenters. The molecule has 0 aliphatic carbocycles. The number of amides is 1. The third-order valence-electron chi connectivity index (χ3n) is 3.08. The summed E-state index contributed by atoms with van der Waals surface area (Å²) in [5.74, 6) is -0.611. The van der Waals surface area contributed by atoms with E-state index in [1.165, 1.54) is 18.2 Å². The van der Waals surface area contributed by atoms with Gasteiger partial charge < -0.3 is 5.32 Å². The molecule has 0 radical (unpaired) electrons. The second-order valence-corrected chi connectivity index (χ2v) is 4.55. The minimum atomic E-state index is -0.611. The van der Waals surface area contributed by atoms with E-state index in [1.54, 1.807) is 26.0 Å². The Morgan fingerprint density at radius 3 is 2.73 bits per heavy atom. The maximum atomic E-state index is 12.2. The van der Waals surface area contributed by atoms with Crippen molar-refractivity contribution in [3.05, 3.63) is 62.1 Å². The fourth-order valence-electron chi connectivity index (χ4n) is 1.94. The molecule has 2 rings (SSSR count). The Morgan fingerprint density at radius 1 is 1.36 bits per heavy atom. The molecule has 8 nitrogen and oxygen atoms in total. The van der Waals surface area contributed by atoms with Crippen LogP contribution in [-0.2, 0) is 6.54 Å². The Labute approximate surface area is 125 Å². The number of carbonyl (C=O) groups excluding carboxylic acids is 1. The van der Waals surface area contributed by atoms with E-state index in [2.05, 4.69) is 10.4 Å². The lowest BCUT2D eigenvalue weighted by Crippen LogP contribution is -2.25. The Hall–Kier alpha value is -3.03. The van der Waals surface area contributed by atoms with E-state index in [0.717, 1.165) is 4.68 Å². The lowest BCUT2D eigenvalue weighted by atomic mass is 10.1. The minimum absolute atomic E-state index is 0.0130. The second-order valence-electron chi connectivity index (χ2n) is 4.55. The van der Waals surface area contributed by atoms with Gasteiger partial charge in [0, 0.05) is 18.7 Å². The van der Waals surface area contributed by atoms with E-state index < -0.39 is 10.8 Å². The topological polar surface area (TPSA) is 107 Å². The van der Waals surface area contributed by atoms with Crippen LogP contribution in [0.2, 0.25) is 0 Å². The van der Waals surface area contributed by atoms with Gasteiger partial charge in [0.15, 0.2) is 0 Å². The van der Waals surface area contributed by atoms with Crippen molar-refractivity contribution in [2.24, 2.45) is 0 Å². The largest absolute Gasteiger partial charge is 0.315 e. The van der Waals surface area contributed by atoms with Gasteiger partial charge in [0.05, 0.1) is 4.92 Å². The first-order chi connectivity index (χ1) is 10.4. The third-order valence-corrected chi connectivity index (χ3v) is 3.08. The third kappa shape index (κ3) is 3.00. The zero-order valence-electron chi connectivity index (χ0n) is 12.1. The van der Waals surface area contributed by atoms with Gasteiger partial charge in [-0.3, -0.25) is 19.7 Å². The van der Waals surface area contributed by atoms with E-state index in [-0.39, 0.29) is 22.6 Å². The maximum Gasteiger partial charge on any atom is 0.293 e. The number of anilines is 1. The molecule has 0 aliphatic rings. The van der Waals surface area contributed by atoms with E-state index in [0.29, 0.717) is 12.1 Å². The average Bonchev–Trinajstić information content (AvgIpc) is 2.49. The first-order valence-electron chi connectivity index (χ1n) is 6.57. The fraction of sp³-hybridized carbons (Fsp3) is 0.214. The van der Waals surface area contributed by atoms with Gasteiger partial charge in [-0.05, 0) is 25.5 Å². The molecule has 1 amide bonds. The number of carbonyl (C=O) groups is 1. The van der Waals surface area contributed by atoms with Crippen molar-refractivity contribution in [1.29, 1.82) is 0 Å². The number of benzene rings is 1. The molecule has 8 heteroatoms. The van der Waals surface area contributed by atoms with Crippen molar-refractivity contribution in [3.63, 3.8) is 0 Å². The van der Waals surface area contributed by atoms with Crippen molar-refractivity contribution in [2.75, 3.05) is 5.32 Å². The van der Waals surface area contributed by atoms with Crippen LogP contribution in [0.15, 0.2) is 35.1 Å². The Bertz CT molecular complexity index is 798. The van der Waals surface area contributed by atoms with Crippen molar-refractivity contribution in [1.82, 2.24) is 9.78 Å². The Kier molecular flexibility index (Phi) is 4.31. The standard InChI is InChI=1S/C14H14N4O4/c1-3-17-12(19)8-7-10(16-17)14(20)15-13-9(2)5-4-6-11(13)18(21)22/h4-8H,3H2,1-2H3,(H,15,20). The Morgan fingerprint density at radius 2 is 2.09 bits per heavy atom. The molecule has 0 saturated heterocycles. The molecule has 0 spiro atoms. The van der Waals surface area contributed by atoms with Crippen LogP contribution in [0.1, 0.15) is 23.0 Å². The molecule has 22 heavy (non-hydrogen) atoms. The van der Waals surface area contributed by atoms with Gasteiger partial charge in [-0.2, -0.15) is 5.10 Å². The van der Waals surface area contributed by atoms with Crippen LogP contribution in [-0.4, -0.2) is 20.6 Å². The first-order valence-corrected chi connectivity index (χ1v) is 6.57. The van der Waals surface area contributed by atoms with Crippen LogP contribution in [0, 0.1) is 17.0 Å². The average molecular weight is 302 g/mol. The van der Waals surface area contributed by atoms with Gasteiger partial charge in [-0.25, -0.2) is 4.68 Å². The molecule has 0 saturated carbocycles. The Balaban J connectivity index is 2.38. The molecule has 1 heterocycles. The van der Waals surface area contributed by atoms with Crippen LogP contribution in [0.3, 0.4) is 0 Å². The van der Waals surface area contributed by atoms with Gasteiger partial charge in [-0.15, -0.1) is 0 Å². The van der Waals surface area contributed by atoms with Crippen LogP contribution in [0.25, 0.3) is 0 Å². The highest BCUT2D eigenvalue weighted by atomic mass is 16.6. The SMILES string of the molecule is CCn1nc(C(=O)Nc2c(C)cccc2[N+](=O)[O-])ccc1=O. The smallest absolute Gasteiger partial charge is 0.293 e. The molecule has 1 N–H and O–H groups in total. The summed E-state index contributed by atoms with van der Waals surface area (Å²) in [6, 6.07) is 7.02. The number of para-hydroxylation sites is 1. The molecule has 0 atom stereocenters. The number of hydrogen-bond donors (Lipinski definition) is 1. The summed E-state index contributed by atoms with van der Waals surface area (Å²) in [5.41, 5.74) is 0.178. The summed E-state index contributed by atoms with van der Waals surface area (Å²) in [6.45, 7) is 3.70. The number of aromatic nitrogens is 2. The van der Waals surface area contributed by atoms with Gasteiger partial charge in [0.1, 0.15) is 11.4 Å². The predicted molar refractivity (Wildman–Crippen MR) is 80.0 cm³/mol. The van der Waals surface area contributed by atoms with E-state index >= 15 is 0 Å². The van der Waals surface area contributed by atoms with Crippen molar-refractivity contribution in [3.8, 4) is 0 Å². The molecule has 1 aromatic heterocycles. The molecule has 1 aromatic carbocycles. The molecule has 0 bridgehead atoms. The second kappa shape index (κ2) is 6.17. The lowest BCUT2D eigenvalue weighted by molar-refractivity contribution is -0.383. The number of nitrogens with zero attached hydrogens (tertiary/aromatic N) is 3. The summed E-state index contributed by atoms with van der Waals surface area (Å²) < 4.78 is 1.14. The van der Waals surface area contributed by atoms with Crippen LogP contribution in [0.5, 0.6) is 0 Å². The number of hydrogen-bond acceptors (Lipinski definition) is 5. The van der Waals surface area contributed by atoms with Crippen molar-refractivity contribution in [2.45, 2.75) is 20.4 Å². The van der Waals surface area contributed by atoms with E-state index in [1.807, 2.05) is 0 Å². The van der Waals surface area contributed by atoms with Crippen LogP contribution in [0.4, 0.5) is 11.4 Å². The number of rotatable bonds is 4. The van der Waals surface area contributed by atoms with Crippen LogP contribution < -0.4 is 10.9 Å².